The van der Waals surface area contributed by atoms with Gasteiger partial charge in [-0.2, -0.15) is 0 Å². The Balaban J connectivity index is 2.64. The van der Waals surface area contributed by atoms with Crippen molar-refractivity contribution in [3.05, 3.63) is 42.5 Å². The van der Waals surface area contributed by atoms with E-state index in [1.165, 1.54) is 7.11 Å². The van der Waals surface area contributed by atoms with E-state index in [0.29, 0.717) is 6.42 Å². The summed E-state index contributed by atoms with van der Waals surface area (Å²) in [7, 11) is 1.37. The van der Waals surface area contributed by atoms with Gasteiger partial charge in [0.15, 0.2) is 0 Å². The Morgan fingerprint density at radius 2 is 2.05 bits per heavy atom. The standard InChI is InChI=1S/C16H22O3Se/c1-12(2)8-7-11-14(17)15(16(18)19-3)20-13-9-5-4-6-10-13/h4-6,9-10,14-15,17H,1,7-8,11H2,2-3H3/t14-,15-/m0/s1. The van der Waals surface area contributed by atoms with Gasteiger partial charge < -0.3 is 0 Å². The van der Waals surface area contributed by atoms with Gasteiger partial charge in [0.2, 0.25) is 0 Å². The molecule has 1 aromatic rings. The summed E-state index contributed by atoms with van der Waals surface area (Å²) in [5, 5.41) is 10.3. The average Bonchev–Trinajstić information content (AvgIpc) is 2.44. The molecule has 0 saturated heterocycles. The number of ether oxygens (including phenoxy) is 1. The summed E-state index contributed by atoms with van der Waals surface area (Å²) in [5.74, 6) is -0.323. The molecule has 0 saturated carbocycles. The average molecular weight is 341 g/mol. The molecule has 0 aromatic heterocycles. The van der Waals surface area contributed by atoms with Crippen molar-refractivity contribution in [3.8, 4) is 0 Å². The molecule has 0 radical (unpaired) electrons. The Morgan fingerprint density at radius 1 is 1.40 bits per heavy atom. The number of allylic oxidation sites excluding steroid dienone is 1. The van der Waals surface area contributed by atoms with E-state index >= 15 is 0 Å². The predicted octanol–water partition coefficient (Wildman–Crippen LogP) is 2.08. The molecule has 1 aromatic carbocycles. The number of hydrogen-bond donors (Lipinski definition) is 1. The number of methoxy groups -OCH3 is 1. The number of carbonyl (C=O) groups is 1. The number of benzene rings is 1. The second-order valence-corrected chi connectivity index (χ2v) is 7.34. The van der Waals surface area contributed by atoms with Crippen molar-refractivity contribution in [3.63, 3.8) is 0 Å². The van der Waals surface area contributed by atoms with Gasteiger partial charge in [0.25, 0.3) is 0 Å². The molecule has 0 amide bonds. The molecule has 0 unspecified atom stereocenters. The third-order valence-corrected chi connectivity index (χ3v) is 5.63. The van der Waals surface area contributed by atoms with E-state index in [-0.39, 0.29) is 20.9 Å². The summed E-state index contributed by atoms with van der Waals surface area (Å²) in [6.07, 6.45) is 1.67. The molecule has 0 heterocycles. The van der Waals surface area contributed by atoms with Crippen molar-refractivity contribution in [1.82, 2.24) is 0 Å². The second-order valence-electron chi connectivity index (χ2n) is 4.79. The minimum atomic E-state index is -0.651. The summed E-state index contributed by atoms with van der Waals surface area (Å²) < 4.78 is 5.92. The van der Waals surface area contributed by atoms with Crippen LogP contribution in [0.25, 0.3) is 0 Å². The molecule has 1 N–H and O–H groups in total. The summed E-state index contributed by atoms with van der Waals surface area (Å²) in [4.78, 5) is 11.4. The van der Waals surface area contributed by atoms with E-state index in [1.807, 2.05) is 37.3 Å². The van der Waals surface area contributed by atoms with Gasteiger partial charge in [-0.25, -0.2) is 0 Å². The summed E-state index contributed by atoms with van der Waals surface area (Å²) in [6.45, 7) is 5.82. The molecule has 2 atom stereocenters. The first kappa shape index (κ1) is 17.0. The molecule has 0 spiro atoms. The monoisotopic (exact) mass is 342 g/mol. The van der Waals surface area contributed by atoms with Crippen molar-refractivity contribution in [1.29, 1.82) is 0 Å². The fraction of sp³-hybridized carbons (Fsp3) is 0.438. The number of aliphatic hydroxyl groups excluding tert-OH is 1. The van der Waals surface area contributed by atoms with Crippen molar-refractivity contribution in [2.45, 2.75) is 37.1 Å². The Hall–Kier alpha value is -1.09. The van der Waals surface area contributed by atoms with E-state index in [2.05, 4.69) is 6.58 Å². The van der Waals surface area contributed by atoms with E-state index < -0.39 is 10.9 Å². The molecule has 0 aliphatic heterocycles. The van der Waals surface area contributed by atoms with E-state index in [0.717, 1.165) is 22.9 Å². The molecule has 3 nitrogen and oxygen atoms in total. The molecule has 20 heavy (non-hydrogen) atoms. The number of hydrogen-bond acceptors (Lipinski definition) is 3. The Kier molecular flexibility index (Phi) is 7.60. The molecule has 4 heteroatoms. The Labute approximate surface area is 127 Å². The third kappa shape index (κ3) is 5.91. The first-order valence-electron chi connectivity index (χ1n) is 6.66. The van der Waals surface area contributed by atoms with Gasteiger partial charge in [0, 0.05) is 0 Å². The molecule has 0 fully saturated rings. The van der Waals surface area contributed by atoms with Gasteiger partial charge >= 0.3 is 127 Å². The number of rotatable bonds is 8. The zero-order chi connectivity index (χ0) is 15.0. The van der Waals surface area contributed by atoms with Crippen LogP contribution in [0, 0.1) is 0 Å². The van der Waals surface area contributed by atoms with Crippen LogP contribution in [0.1, 0.15) is 26.2 Å². The van der Waals surface area contributed by atoms with Crippen LogP contribution in [0.3, 0.4) is 0 Å². The second kappa shape index (κ2) is 8.96. The minimum absolute atomic E-state index is 0.128. The van der Waals surface area contributed by atoms with Crippen LogP contribution < -0.4 is 4.46 Å². The number of aliphatic hydroxyl groups is 1. The molecule has 1 rings (SSSR count). The van der Waals surface area contributed by atoms with Gasteiger partial charge in [-0.15, -0.1) is 0 Å². The van der Waals surface area contributed by atoms with Gasteiger partial charge in [0.1, 0.15) is 0 Å². The predicted molar refractivity (Wildman–Crippen MR) is 82.3 cm³/mol. The van der Waals surface area contributed by atoms with Crippen molar-refractivity contribution >= 4 is 25.4 Å². The number of esters is 1. The maximum absolute atomic E-state index is 11.9. The fourth-order valence-electron chi connectivity index (χ4n) is 1.81. The fourth-order valence-corrected chi connectivity index (χ4v) is 4.10. The van der Waals surface area contributed by atoms with Crippen LogP contribution in [0.2, 0.25) is 4.82 Å². The SMILES string of the molecule is C=C(C)CCC[C@H](O)[C@H]([Se]c1ccccc1)C(=O)OC. The van der Waals surface area contributed by atoms with Crippen LogP contribution in [-0.4, -0.2) is 39.2 Å². The van der Waals surface area contributed by atoms with E-state index in [1.54, 1.807) is 0 Å². The normalized spacial score (nSPS) is 13.6. The summed E-state index contributed by atoms with van der Waals surface area (Å²) in [6, 6.07) is 9.79. The van der Waals surface area contributed by atoms with Crippen molar-refractivity contribution in [2.75, 3.05) is 7.11 Å². The first-order chi connectivity index (χ1) is 9.54. The molecule has 0 bridgehead atoms. The summed E-state index contributed by atoms with van der Waals surface area (Å²) in [5.41, 5.74) is 1.10. The molecule has 110 valence electrons. The van der Waals surface area contributed by atoms with Crippen molar-refractivity contribution in [2.24, 2.45) is 0 Å². The Bertz CT molecular complexity index is 431. The van der Waals surface area contributed by atoms with Crippen LogP contribution in [0.15, 0.2) is 42.5 Å². The zero-order valence-corrected chi connectivity index (χ0v) is 13.8. The topological polar surface area (TPSA) is 46.5 Å². The van der Waals surface area contributed by atoms with Crippen LogP contribution in [-0.2, 0) is 9.53 Å². The van der Waals surface area contributed by atoms with Crippen LogP contribution in [0.4, 0.5) is 0 Å². The summed E-state index contributed by atoms with van der Waals surface area (Å²) >= 11 is -0.128. The van der Waals surface area contributed by atoms with Gasteiger partial charge in [0.05, 0.1) is 0 Å². The van der Waals surface area contributed by atoms with Crippen LogP contribution in [0.5, 0.6) is 0 Å². The molecular weight excluding hydrogens is 319 g/mol. The van der Waals surface area contributed by atoms with Crippen molar-refractivity contribution < 1.29 is 14.6 Å². The molecule has 0 aliphatic rings. The quantitative estimate of drug-likeness (QED) is 0.447. The third-order valence-electron chi connectivity index (χ3n) is 2.89. The molecule has 0 aliphatic carbocycles. The van der Waals surface area contributed by atoms with Gasteiger partial charge in [-0.1, -0.05) is 0 Å². The maximum atomic E-state index is 11.9. The Morgan fingerprint density at radius 3 is 2.60 bits per heavy atom. The van der Waals surface area contributed by atoms with Gasteiger partial charge in [-0.3, -0.25) is 0 Å². The van der Waals surface area contributed by atoms with Crippen LogP contribution >= 0.6 is 0 Å². The zero-order valence-electron chi connectivity index (χ0n) is 12.0. The van der Waals surface area contributed by atoms with E-state index in [9.17, 15) is 9.90 Å². The van der Waals surface area contributed by atoms with Gasteiger partial charge in [-0.05, 0) is 0 Å². The molecular formula is C16H22O3Se. The first-order valence-corrected chi connectivity index (χ1v) is 8.51. The van der Waals surface area contributed by atoms with E-state index in [4.69, 9.17) is 4.74 Å². The number of carbonyl (C=O) groups excluding carboxylic acids is 1.